The van der Waals surface area contributed by atoms with E-state index >= 15 is 0 Å². The molecule has 0 aliphatic carbocycles. The Kier molecular flexibility index (Phi) is 11.4. The molecule has 0 saturated heterocycles. The molecule has 0 unspecified atom stereocenters. The standard InChI is InChI=1S/C29H35NO7S/c1-29(23-30-33-2,36-21-26-17-11-6-12-18-26)28(35-20-25-15-9-5-10-16-25)27(37-38(3,31)32)22-34-19-24-13-7-4-8-14-24/h4-18,23,27-28H,19-22H2,1-3H3/b30-23+/t27-,28-,29+/m1/s1. The van der Waals surface area contributed by atoms with Crippen LogP contribution in [0.3, 0.4) is 0 Å². The zero-order valence-corrected chi connectivity index (χ0v) is 22.8. The van der Waals surface area contributed by atoms with Crippen molar-refractivity contribution in [1.29, 1.82) is 0 Å². The summed E-state index contributed by atoms with van der Waals surface area (Å²) in [5, 5.41) is 3.96. The van der Waals surface area contributed by atoms with Crippen molar-refractivity contribution in [3.8, 4) is 0 Å². The van der Waals surface area contributed by atoms with Crippen LogP contribution in [0.5, 0.6) is 0 Å². The molecule has 0 fully saturated rings. The minimum Gasteiger partial charge on any atom is -0.399 e. The Bertz CT molecular complexity index is 1210. The molecule has 3 rings (SSSR count). The van der Waals surface area contributed by atoms with Gasteiger partial charge in [-0.05, 0) is 23.6 Å². The highest BCUT2D eigenvalue weighted by molar-refractivity contribution is 7.86. The van der Waals surface area contributed by atoms with Gasteiger partial charge in [0.15, 0.2) is 0 Å². The van der Waals surface area contributed by atoms with Crippen molar-refractivity contribution in [2.24, 2.45) is 5.16 Å². The Morgan fingerprint density at radius 2 is 1.32 bits per heavy atom. The molecule has 3 aromatic carbocycles. The van der Waals surface area contributed by atoms with Crippen LogP contribution in [0.25, 0.3) is 0 Å². The summed E-state index contributed by atoms with van der Waals surface area (Å²) in [7, 11) is -2.47. The van der Waals surface area contributed by atoms with Crippen LogP contribution in [0.1, 0.15) is 23.6 Å². The fraction of sp³-hybridized carbons (Fsp3) is 0.345. The van der Waals surface area contributed by atoms with Crippen molar-refractivity contribution >= 4 is 16.3 Å². The molecule has 0 radical (unpaired) electrons. The average Bonchev–Trinajstić information content (AvgIpc) is 2.92. The van der Waals surface area contributed by atoms with Crippen LogP contribution >= 0.6 is 0 Å². The van der Waals surface area contributed by atoms with E-state index in [-0.39, 0.29) is 26.4 Å². The van der Waals surface area contributed by atoms with Crippen molar-refractivity contribution in [1.82, 2.24) is 0 Å². The van der Waals surface area contributed by atoms with Gasteiger partial charge in [0.1, 0.15) is 24.9 Å². The second kappa shape index (κ2) is 14.8. The first-order chi connectivity index (χ1) is 18.3. The van der Waals surface area contributed by atoms with Gasteiger partial charge in [0.05, 0.1) is 38.9 Å². The van der Waals surface area contributed by atoms with Crippen LogP contribution in [-0.4, -0.2) is 52.4 Å². The van der Waals surface area contributed by atoms with Crippen LogP contribution in [0.15, 0.2) is 96.2 Å². The molecular formula is C29H35NO7S. The van der Waals surface area contributed by atoms with E-state index in [9.17, 15) is 8.42 Å². The summed E-state index contributed by atoms with van der Waals surface area (Å²) >= 11 is 0. The summed E-state index contributed by atoms with van der Waals surface area (Å²) in [5.41, 5.74) is 1.50. The van der Waals surface area contributed by atoms with Gasteiger partial charge in [0.25, 0.3) is 10.1 Å². The third-order valence-corrected chi connectivity index (χ3v) is 6.27. The van der Waals surface area contributed by atoms with Crippen LogP contribution < -0.4 is 0 Å². The van der Waals surface area contributed by atoms with Gasteiger partial charge >= 0.3 is 0 Å². The first kappa shape index (κ1) is 29.5. The van der Waals surface area contributed by atoms with E-state index in [1.807, 2.05) is 91.0 Å². The third-order valence-electron chi connectivity index (χ3n) is 5.67. The molecular weight excluding hydrogens is 506 g/mol. The smallest absolute Gasteiger partial charge is 0.264 e. The van der Waals surface area contributed by atoms with Crippen molar-refractivity contribution in [3.63, 3.8) is 0 Å². The van der Waals surface area contributed by atoms with Crippen LogP contribution in [0.4, 0.5) is 0 Å². The summed E-state index contributed by atoms with van der Waals surface area (Å²) in [6, 6.07) is 28.7. The van der Waals surface area contributed by atoms with Crippen LogP contribution in [-0.2, 0) is 53.2 Å². The van der Waals surface area contributed by atoms with Gasteiger partial charge in [0, 0.05) is 0 Å². The Balaban J connectivity index is 1.92. The minimum atomic E-state index is -3.89. The predicted molar refractivity (Wildman–Crippen MR) is 146 cm³/mol. The maximum Gasteiger partial charge on any atom is 0.264 e. The largest absolute Gasteiger partial charge is 0.399 e. The molecule has 0 N–H and O–H groups in total. The van der Waals surface area contributed by atoms with Gasteiger partial charge in [-0.15, -0.1) is 0 Å². The first-order valence-corrected chi connectivity index (χ1v) is 14.0. The van der Waals surface area contributed by atoms with Gasteiger partial charge in [0.2, 0.25) is 0 Å². The summed E-state index contributed by atoms with van der Waals surface area (Å²) < 4.78 is 48.8. The number of benzene rings is 3. The molecule has 9 heteroatoms. The highest BCUT2D eigenvalue weighted by Crippen LogP contribution is 2.27. The van der Waals surface area contributed by atoms with E-state index < -0.39 is 27.9 Å². The SMILES string of the molecule is CO/N=C/[C@](C)(OCc1ccccc1)[C@H](OCc1ccccc1)[C@@H](COCc1ccccc1)OS(C)(=O)=O. The Hall–Kier alpha value is -3.08. The summed E-state index contributed by atoms with van der Waals surface area (Å²) in [4.78, 5) is 4.97. The molecule has 0 amide bonds. The molecule has 0 aromatic heterocycles. The Morgan fingerprint density at radius 3 is 1.82 bits per heavy atom. The number of hydrogen-bond acceptors (Lipinski definition) is 8. The molecule has 0 aliphatic heterocycles. The summed E-state index contributed by atoms with van der Waals surface area (Å²) in [6.07, 6.45) is 0.454. The Labute approximate surface area is 225 Å². The summed E-state index contributed by atoms with van der Waals surface area (Å²) in [5.74, 6) is 0. The zero-order chi connectivity index (χ0) is 27.3. The normalized spacial score (nSPS) is 15.1. The van der Waals surface area contributed by atoms with Gasteiger partial charge in [-0.25, -0.2) is 0 Å². The predicted octanol–water partition coefficient (Wildman–Crippen LogP) is 4.74. The van der Waals surface area contributed by atoms with E-state index in [2.05, 4.69) is 5.16 Å². The lowest BCUT2D eigenvalue weighted by Gasteiger charge is -2.38. The molecule has 3 atom stereocenters. The second-order valence-corrected chi connectivity index (χ2v) is 10.5. The van der Waals surface area contributed by atoms with Crippen LogP contribution in [0, 0.1) is 0 Å². The fourth-order valence-corrected chi connectivity index (χ4v) is 4.43. The highest BCUT2D eigenvalue weighted by Gasteiger charge is 2.43. The number of hydrogen-bond donors (Lipinski definition) is 0. The molecule has 0 heterocycles. The lowest BCUT2D eigenvalue weighted by Crippen LogP contribution is -2.54. The molecule has 38 heavy (non-hydrogen) atoms. The second-order valence-electron chi connectivity index (χ2n) is 8.93. The van der Waals surface area contributed by atoms with E-state index in [1.54, 1.807) is 6.92 Å². The van der Waals surface area contributed by atoms with Crippen molar-refractivity contribution < 1.29 is 31.6 Å². The number of ether oxygens (including phenoxy) is 3. The van der Waals surface area contributed by atoms with Crippen molar-refractivity contribution in [2.45, 2.75) is 44.6 Å². The lowest BCUT2D eigenvalue weighted by atomic mass is 9.95. The topological polar surface area (TPSA) is 92.7 Å². The maximum atomic E-state index is 12.3. The number of oxime groups is 1. The van der Waals surface area contributed by atoms with Crippen molar-refractivity contribution in [2.75, 3.05) is 20.0 Å². The third kappa shape index (κ3) is 10.00. The van der Waals surface area contributed by atoms with E-state index in [0.717, 1.165) is 22.9 Å². The fourth-order valence-electron chi connectivity index (χ4n) is 3.82. The minimum absolute atomic E-state index is 0.0769. The average molecular weight is 542 g/mol. The Morgan fingerprint density at radius 1 is 0.816 bits per heavy atom. The molecule has 0 aliphatic rings. The van der Waals surface area contributed by atoms with Gasteiger partial charge in [-0.2, -0.15) is 8.42 Å². The highest BCUT2D eigenvalue weighted by atomic mass is 32.2. The van der Waals surface area contributed by atoms with Crippen molar-refractivity contribution in [3.05, 3.63) is 108 Å². The molecule has 0 saturated carbocycles. The molecule has 3 aromatic rings. The van der Waals surface area contributed by atoms with Crippen LogP contribution in [0.2, 0.25) is 0 Å². The monoisotopic (exact) mass is 541 g/mol. The molecule has 0 spiro atoms. The van der Waals surface area contributed by atoms with Gasteiger partial charge in [-0.1, -0.05) is 96.2 Å². The van der Waals surface area contributed by atoms with E-state index in [1.165, 1.54) is 13.3 Å². The van der Waals surface area contributed by atoms with E-state index in [0.29, 0.717) is 0 Å². The van der Waals surface area contributed by atoms with E-state index in [4.69, 9.17) is 23.2 Å². The first-order valence-electron chi connectivity index (χ1n) is 12.2. The molecule has 0 bridgehead atoms. The summed E-state index contributed by atoms with van der Waals surface area (Å²) in [6.45, 7) is 2.34. The number of nitrogens with zero attached hydrogens (tertiary/aromatic N) is 1. The number of rotatable bonds is 16. The zero-order valence-electron chi connectivity index (χ0n) is 21.9. The van der Waals surface area contributed by atoms with Gasteiger partial charge < -0.3 is 19.0 Å². The quantitative estimate of drug-likeness (QED) is 0.147. The maximum absolute atomic E-state index is 12.3. The van der Waals surface area contributed by atoms with Gasteiger partial charge in [-0.3, -0.25) is 4.18 Å². The molecule has 204 valence electrons. The lowest BCUT2D eigenvalue weighted by molar-refractivity contribution is -0.156. The molecule has 8 nitrogen and oxygen atoms in total.